The van der Waals surface area contributed by atoms with E-state index < -0.39 is 15.6 Å². The van der Waals surface area contributed by atoms with Crippen LogP contribution in [0.15, 0.2) is 0 Å². The Balaban J connectivity index is -0.000000244. The summed E-state index contributed by atoms with van der Waals surface area (Å²) in [6, 6.07) is 0. The third kappa shape index (κ3) is 19.6. The predicted octanol–water partition coefficient (Wildman–Crippen LogP) is -2.78. The Kier molecular flexibility index (Phi) is 13.8. The van der Waals surface area contributed by atoms with Crippen LogP contribution in [0.1, 0.15) is 32.1 Å². The summed E-state index contributed by atoms with van der Waals surface area (Å²) < 4.78 is 21.2. The Morgan fingerprint density at radius 3 is 1.26 bits per heavy atom. The number of nitrogens with two attached hydrogens (primary N) is 2. The van der Waals surface area contributed by atoms with Gasteiger partial charge in [-0.15, -0.1) is 0 Å². The van der Waals surface area contributed by atoms with Gasteiger partial charge in [-0.05, 0) is 12.8 Å². The largest absolute Gasteiger partial charge is 2.00 e. The van der Waals surface area contributed by atoms with Crippen molar-refractivity contribution in [2.45, 2.75) is 37.8 Å². The van der Waals surface area contributed by atoms with Gasteiger partial charge in [-0.25, -0.2) is 0 Å². The van der Waals surface area contributed by atoms with E-state index in [9.17, 15) is 28.7 Å². The van der Waals surface area contributed by atoms with Gasteiger partial charge in [-0.2, -0.15) is 0 Å². The molecule has 0 aliphatic heterocycles. The molecule has 0 unspecified atom stereocenters. The number of rotatable bonds is 2. The molecule has 0 bridgehead atoms. The van der Waals surface area contributed by atoms with E-state index in [1.54, 1.807) is 0 Å². The maximum Gasteiger partial charge on any atom is 2.00 e. The third-order valence-corrected chi connectivity index (χ3v) is 3.58. The van der Waals surface area contributed by atoms with Gasteiger partial charge in [-0.1, -0.05) is 19.3 Å². The van der Waals surface area contributed by atoms with Crippen molar-refractivity contribution in [2.24, 2.45) is 11.5 Å². The Bertz CT molecular complexity index is 304. The zero-order chi connectivity index (χ0) is 13.7. The van der Waals surface area contributed by atoms with Crippen molar-refractivity contribution in [3.8, 4) is 0 Å². The minimum absolute atomic E-state index is 0. The third-order valence-electron chi connectivity index (χ3n) is 1.98. The summed E-state index contributed by atoms with van der Waals surface area (Å²) in [7, 11) is -11.4. The van der Waals surface area contributed by atoms with E-state index in [4.69, 9.17) is 11.5 Å². The molecule has 19 heavy (non-hydrogen) atoms. The average molecular weight is 678 g/mol. The molecule has 0 aromatic heterocycles. The molecule has 0 aromatic rings. The Hall–Kier alpha value is 1.56. The molecule has 4 N–H and O–H groups in total. The van der Waals surface area contributed by atoms with Crippen LogP contribution in [0.3, 0.4) is 0 Å². The van der Waals surface area contributed by atoms with E-state index in [2.05, 4.69) is 4.31 Å². The molecule has 13 heteroatoms. The maximum atomic E-state index is 9.32. The van der Waals surface area contributed by atoms with Gasteiger partial charge in [0.05, 0.1) is 21.3 Å². The van der Waals surface area contributed by atoms with E-state index in [0.717, 1.165) is 12.8 Å². The zero-order valence-electron chi connectivity index (χ0n) is 9.57. The van der Waals surface area contributed by atoms with Gasteiger partial charge in [0.2, 0.25) is 0 Å². The molecule has 0 atom stereocenters. The molecule has 0 heterocycles. The Morgan fingerprint density at radius 2 is 1.16 bits per heavy atom. The monoisotopic (exact) mass is 678 g/mol. The summed E-state index contributed by atoms with van der Waals surface area (Å²) in [5.74, 6) is 0. The summed E-state index contributed by atoms with van der Waals surface area (Å²) in [6.07, 6.45) is 5.76. The molecule has 1 aliphatic rings. The van der Waals surface area contributed by atoms with Gasteiger partial charge in [0, 0.05) is 0 Å². The van der Waals surface area contributed by atoms with Gasteiger partial charge in [-0.3, -0.25) is 0 Å². The molecule has 1 fully saturated rings. The molecular weight excluding hydrogens is 664 g/mol. The summed E-state index contributed by atoms with van der Waals surface area (Å²) in [6.45, 7) is 0. The molecule has 1 aliphatic carbocycles. The van der Waals surface area contributed by atoms with Crippen LogP contribution in [0.25, 0.3) is 0 Å². The minimum Gasteiger partial charge on any atom is -0.790 e. The number of phosphoric acid groups is 2. The summed E-state index contributed by atoms with van der Waals surface area (Å²) >= 11 is 0. The van der Waals surface area contributed by atoms with Crippen molar-refractivity contribution in [3.05, 3.63) is 0 Å². The first kappa shape index (κ1) is 25.5. The van der Waals surface area contributed by atoms with Crippen molar-refractivity contribution in [1.82, 2.24) is 0 Å². The van der Waals surface area contributed by atoms with Crippen LogP contribution in [-0.4, -0.2) is 5.66 Å². The molecule has 0 aromatic carbocycles. The molecule has 0 saturated heterocycles. The van der Waals surface area contributed by atoms with Crippen molar-refractivity contribution >= 4 is 15.6 Å². The second-order valence-corrected chi connectivity index (χ2v) is 6.21. The summed E-state index contributed by atoms with van der Waals surface area (Å²) in [5, 5.41) is 0. The number of hydrogen-bond donors (Lipinski definition) is 2. The average Bonchev–Trinajstić information content (AvgIpc) is 1.96. The van der Waals surface area contributed by atoms with E-state index in [1.807, 2.05) is 0 Å². The molecule has 0 amide bonds. The first-order valence-electron chi connectivity index (χ1n) is 4.75. The van der Waals surface area contributed by atoms with Crippen LogP contribution in [-0.2, 0) is 55.6 Å². The van der Waals surface area contributed by atoms with Gasteiger partial charge in [0.25, 0.3) is 0 Å². The summed E-state index contributed by atoms with van der Waals surface area (Å²) in [5.41, 5.74) is 11.0. The quantitative estimate of drug-likeness (QED) is 0.230. The van der Waals surface area contributed by atoms with Gasteiger partial charge >= 0.3 is 42.1 Å². The fraction of sp³-hybridized carbons (Fsp3) is 1.00. The summed E-state index contributed by atoms with van der Waals surface area (Å²) in [4.78, 5) is 37.3. The van der Waals surface area contributed by atoms with Crippen molar-refractivity contribution < 1.29 is 75.1 Å². The molecule has 120 valence electrons. The second kappa shape index (κ2) is 10.3. The standard InChI is InChI=1S/C6H14N2.H4O7P2.2Pt/c7-6(8)4-2-1-3-5-6;1-8(2,3)7-9(4,5)6;;/h1-5,7-8H2;(H2,1,2,3)(H2,4,5,6);;/q;;2*+2/p-4. The molecule has 9 nitrogen and oxygen atoms in total. The van der Waals surface area contributed by atoms with Gasteiger partial charge in [0.15, 0.2) is 0 Å². The van der Waals surface area contributed by atoms with Crippen LogP contribution in [0.4, 0.5) is 0 Å². The van der Waals surface area contributed by atoms with E-state index in [-0.39, 0.29) is 47.8 Å². The molecular formula is C6H14N2O7P2Pt2. The zero-order valence-corrected chi connectivity index (χ0v) is 15.9. The van der Waals surface area contributed by atoms with Gasteiger partial charge in [0.1, 0.15) is 0 Å². The van der Waals surface area contributed by atoms with E-state index >= 15 is 0 Å². The maximum absolute atomic E-state index is 9.32. The van der Waals surface area contributed by atoms with Crippen LogP contribution < -0.4 is 31.0 Å². The van der Waals surface area contributed by atoms with Crippen molar-refractivity contribution in [2.75, 3.05) is 0 Å². The van der Waals surface area contributed by atoms with Crippen molar-refractivity contribution in [3.63, 3.8) is 0 Å². The first-order valence-corrected chi connectivity index (χ1v) is 7.67. The van der Waals surface area contributed by atoms with E-state index in [0.29, 0.717) is 0 Å². The van der Waals surface area contributed by atoms with Crippen molar-refractivity contribution in [1.29, 1.82) is 0 Å². The van der Waals surface area contributed by atoms with Gasteiger partial charge < -0.3 is 44.5 Å². The van der Waals surface area contributed by atoms with Crippen LogP contribution in [0.2, 0.25) is 0 Å². The Morgan fingerprint density at radius 1 is 0.842 bits per heavy atom. The van der Waals surface area contributed by atoms with E-state index in [1.165, 1.54) is 19.3 Å². The second-order valence-electron chi connectivity index (χ2n) is 3.77. The van der Waals surface area contributed by atoms with Crippen LogP contribution >= 0.6 is 15.6 Å². The fourth-order valence-electron chi connectivity index (χ4n) is 1.33. The predicted molar refractivity (Wildman–Crippen MR) is 50.5 cm³/mol. The molecule has 0 radical (unpaired) electrons. The normalized spacial score (nSPS) is 18.2. The minimum atomic E-state index is -5.68. The number of hydrogen-bond acceptors (Lipinski definition) is 9. The SMILES string of the molecule is NC1(N)CCCCC1.O=P([O-])([O-])OP(=O)([O-])[O-].[Pt+2].[Pt+2]. The van der Waals surface area contributed by atoms with Crippen LogP contribution in [0, 0.1) is 0 Å². The molecule has 1 rings (SSSR count). The fourth-order valence-corrected chi connectivity index (χ4v) is 2.31. The topological polar surface area (TPSA) is 188 Å². The smallest absolute Gasteiger partial charge is 0.790 e. The first-order chi connectivity index (χ1) is 7.41. The molecule has 1 saturated carbocycles. The Labute approximate surface area is 139 Å². The van der Waals surface area contributed by atoms with Crippen LogP contribution in [0.5, 0.6) is 0 Å². The molecule has 0 spiro atoms.